The van der Waals surface area contributed by atoms with Gasteiger partial charge in [-0.15, -0.1) is 9.78 Å². The van der Waals surface area contributed by atoms with E-state index in [9.17, 15) is 9.59 Å². The predicted molar refractivity (Wildman–Crippen MR) is 144 cm³/mol. The van der Waals surface area contributed by atoms with Crippen LogP contribution in [0.2, 0.25) is 0 Å². The molecule has 0 unspecified atom stereocenters. The van der Waals surface area contributed by atoms with E-state index in [0.717, 1.165) is 25.7 Å². The van der Waals surface area contributed by atoms with Gasteiger partial charge < -0.3 is 0 Å². The molecule has 6 heteroatoms. The van der Waals surface area contributed by atoms with Crippen LogP contribution in [0.1, 0.15) is 116 Å². The van der Waals surface area contributed by atoms with Crippen LogP contribution < -0.4 is 0 Å². The minimum atomic E-state index is -0.658. The molecule has 0 heterocycles. The van der Waals surface area contributed by atoms with Gasteiger partial charge in [0, 0.05) is 6.42 Å². The summed E-state index contributed by atoms with van der Waals surface area (Å²) in [6.07, 6.45) is 12.9. The molecule has 0 aliphatic carbocycles. The van der Waals surface area contributed by atoms with Crippen molar-refractivity contribution in [3.05, 3.63) is 84.0 Å². The first-order valence-corrected chi connectivity index (χ1v) is 13.7. The lowest BCUT2D eigenvalue weighted by Gasteiger charge is -2.13. The predicted octanol–water partition coefficient (Wildman–Crippen LogP) is 8.30. The lowest BCUT2D eigenvalue weighted by atomic mass is 10.0. The van der Waals surface area contributed by atoms with Gasteiger partial charge in [0.2, 0.25) is 0 Å². The number of hydrogen-bond acceptors (Lipinski definition) is 6. The van der Waals surface area contributed by atoms with Gasteiger partial charge in [-0.2, -0.15) is 0 Å². The van der Waals surface area contributed by atoms with Gasteiger partial charge in [-0.25, -0.2) is 9.59 Å². The third kappa shape index (κ3) is 12.4. The number of aryl methyl sites for hydroxylation is 2. The van der Waals surface area contributed by atoms with E-state index in [1.165, 1.54) is 49.7 Å². The first-order valence-electron chi connectivity index (χ1n) is 13.7. The summed E-state index contributed by atoms with van der Waals surface area (Å²) in [5, 5.41) is 0. The van der Waals surface area contributed by atoms with Crippen LogP contribution in [0.3, 0.4) is 0 Å². The van der Waals surface area contributed by atoms with E-state index in [0.29, 0.717) is 24.0 Å². The van der Waals surface area contributed by atoms with E-state index >= 15 is 0 Å². The molecule has 0 saturated carbocycles. The second-order valence-corrected chi connectivity index (χ2v) is 9.25. The van der Waals surface area contributed by atoms with Gasteiger partial charge in [0.15, 0.2) is 0 Å². The molecule has 2 aromatic rings. The standard InChI is InChI=1S/C31H42O6/c1-4-7-10-12-14-25-17-21-27(22-18-25)30(32)36-34-29(16-9-6-3)35-37-31(33)28-23-19-26(20-24-28)15-13-11-8-5-2/h17-24H,3-16H2,1-2H3. The van der Waals surface area contributed by atoms with Crippen molar-refractivity contribution < 1.29 is 29.1 Å². The van der Waals surface area contributed by atoms with Gasteiger partial charge in [0.25, 0.3) is 0 Å². The van der Waals surface area contributed by atoms with Gasteiger partial charge in [-0.1, -0.05) is 90.0 Å². The highest BCUT2D eigenvalue weighted by Crippen LogP contribution is 2.19. The normalized spacial score (nSPS) is 11.0. The highest BCUT2D eigenvalue weighted by molar-refractivity contribution is 5.89. The summed E-state index contributed by atoms with van der Waals surface area (Å²) in [5.41, 5.74) is 3.08. The van der Waals surface area contributed by atoms with Crippen molar-refractivity contribution in [2.45, 2.75) is 97.3 Å². The summed E-state index contributed by atoms with van der Waals surface area (Å²) >= 11 is 0. The summed E-state index contributed by atoms with van der Waals surface area (Å²) in [5.74, 6) is -1.32. The SMILES string of the molecule is [CH2]CCC[C](OOC(=O)c1ccc(CCCCCC)cc1)OOC(=O)c1ccc(CCCCCC)cc1. The fourth-order valence-corrected chi connectivity index (χ4v) is 3.76. The van der Waals surface area contributed by atoms with Crippen molar-refractivity contribution >= 4 is 11.9 Å². The van der Waals surface area contributed by atoms with Gasteiger partial charge in [-0.3, -0.25) is 9.78 Å². The molecule has 2 aromatic carbocycles. The maximum atomic E-state index is 12.4. The Balaban J connectivity index is 1.80. The van der Waals surface area contributed by atoms with Gasteiger partial charge >= 0.3 is 18.2 Å². The molecule has 2 radical (unpaired) electrons. The van der Waals surface area contributed by atoms with Gasteiger partial charge in [0.1, 0.15) is 0 Å². The number of carbonyl (C=O) groups is 2. The van der Waals surface area contributed by atoms with Crippen LogP contribution in [0, 0.1) is 13.2 Å². The Kier molecular flexibility index (Phi) is 15.3. The van der Waals surface area contributed by atoms with Gasteiger partial charge in [-0.05, 0) is 67.5 Å². The zero-order chi connectivity index (χ0) is 26.7. The third-order valence-electron chi connectivity index (χ3n) is 6.07. The minimum Gasteiger partial charge on any atom is -0.289 e. The summed E-state index contributed by atoms with van der Waals surface area (Å²) in [4.78, 5) is 44.9. The summed E-state index contributed by atoms with van der Waals surface area (Å²) in [6, 6.07) is 14.5. The monoisotopic (exact) mass is 510 g/mol. The maximum Gasteiger partial charge on any atom is 0.373 e. The summed E-state index contributed by atoms with van der Waals surface area (Å²) < 4.78 is 0. The lowest BCUT2D eigenvalue weighted by molar-refractivity contribution is -0.363. The second-order valence-electron chi connectivity index (χ2n) is 9.25. The molecule has 0 amide bonds. The fraction of sp³-hybridized carbons (Fsp3) is 0.484. The molecule has 0 fully saturated rings. The number of unbranched alkanes of at least 4 members (excludes halogenated alkanes) is 7. The van der Waals surface area contributed by atoms with E-state index in [4.69, 9.17) is 19.6 Å². The van der Waals surface area contributed by atoms with E-state index in [2.05, 4.69) is 20.8 Å². The first-order chi connectivity index (χ1) is 18.1. The fourth-order valence-electron chi connectivity index (χ4n) is 3.76. The van der Waals surface area contributed by atoms with Gasteiger partial charge in [0.05, 0.1) is 11.1 Å². The average Bonchev–Trinajstić information content (AvgIpc) is 2.93. The molecule has 0 aliphatic rings. The van der Waals surface area contributed by atoms with Crippen LogP contribution in [0.25, 0.3) is 0 Å². The topological polar surface area (TPSA) is 71.1 Å². The molecule has 2 rings (SSSR count). The van der Waals surface area contributed by atoms with E-state index in [-0.39, 0.29) is 12.7 Å². The molecule has 0 aliphatic heterocycles. The number of hydrogen-bond donors (Lipinski definition) is 0. The van der Waals surface area contributed by atoms with Crippen LogP contribution in [-0.2, 0) is 32.4 Å². The average molecular weight is 511 g/mol. The molecular weight excluding hydrogens is 468 g/mol. The Bertz CT molecular complexity index is 819. The van der Waals surface area contributed by atoms with E-state index in [1.54, 1.807) is 24.3 Å². The minimum absolute atomic E-state index is 0.120. The third-order valence-corrected chi connectivity index (χ3v) is 6.07. The van der Waals surface area contributed by atoms with Crippen molar-refractivity contribution in [3.8, 4) is 0 Å². The molecule has 202 valence electrons. The Morgan fingerprint density at radius 2 is 1.03 bits per heavy atom. The van der Waals surface area contributed by atoms with Crippen molar-refractivity contribution in [2.75, 3.05) is 0 Å². The molecule has 0 atom stereocenters. The zero-order valence-electron chi connectivity index (χ0n) is 22.5. The second kappa shape index (κ2) is 18.5. The summed E-state index contributed by atoms with van der Waals surface area (Å²) in [6.45, 7) is 8.16. The molecule has 0 spiro atoms. The van der Waals surface area contributed by atoms with Crippen molar-refractivity contribution in [1.29, 1.82) is 0 Å². The lowest BCUT2D eigenvalue weighted by Crippen LogP contribution is -2.16. The molecular formula is C31H42O6. The van der Waals surface area contributed by atoms with Crippen LogP contribution in [0.15, 0.2) is 48.5 Å². The highest BCUT2D eigenvalue weighted by atomic mass is 17.3. The smallest absolute Gasteiger partial charge is 0.289 e. The van der Waals surface area contributed by atoms with Crippen LogP contribution in [0.4, 0.5) is 0 Å². The van der Waals surface area contributed by atoms with Crippen molar-refractivity contribution in [2.24, 2.45) is 0 Å². The number of carbonyl (C=O) groups excluding carboxylic acids is 2. The molecule has 6 nitrogen and oxygen atoms in total. The highest BCUT2D eigenvalue weighted by Gasteiger charge is 2.21. The van der Waals surface area contributed by atoms with Crippen molar-refractivity contribution in [3.63, 3.8) is 0 Å². The largest absolute Gasteiger partial charge is 0.373 e. The number of benzene rings is 2. The number of rotatable bonds is 19. The van der Waals surface area contributed by atoms with E-state index < -0.39 is 11.9 Å². The Hall–Kier alpha value is -2.70. The maximum absolute atomic E-state index is 12.4. The Labute approximate surface area is 222 Å². The van der Waals surface area contributed by atoms with Crippen LogP contribution >= 0.6 is 0 Å². The van der Waals surface area contributed by atoms with Crippen LogP contribution in [-0.4, -0.2) is 11.9 Å². The molecule has 0 aromatic heterocycles. The van der Waals surface area contributed by atoms with Crippen LogP contribution in [0.5, 0.6) is 0 Å². The Morgan fingerprint density at radius 1 is 0.595 bits per heavy atom. The van der Waals surface area contributed by atoms with Crippen molar-refractivity contribution in [1.82, 2.24) is 0 Å². The first kappa shape index (κ1) is 30.5. The quantitative estimate of drug-likeness (QED) is 0.107. The Morgan fingerprint density at radius 3 is 1.41 bits per heavy atom. The zero-order valence-corrected chi connectivity index (χ0v) is 22.5. The molecule has 0 saturated heterocycles. The molecule has 0 bridgehead atoms. The van der Waals surface area contributed by atoms with E-state index in [1.807, 2.05) is 24.3 Å². The molecule has 37 heavy (non-hydrogen) atoms. The molecule has 0 N–H and O–H groups in total. The summed E-state index contributed by atoms with van der Waals surface area (Å²) in [7, 11) is 0.